The maximum Gasteiger partial charge on any atom is 0.0695 e. The first-order valence-corrected chi connectivity index (χ1v) is 6.61. The van der Waals surface area contributed by atoms with E-state index in [0.717, 1.165) is 13.1 Å². The number of aliphatic hydroxyl groups is 1. The van der Waals surface area contributed by atoms with E-state index in [0.29, 0.717) is 12.0 Å². The van der Waals surface area contributed by atoms with Crippen LogP contribution in [0.25, 0.3) is 0 Å². The van der Waals surface area contributed by atoms with Crippen LogP contribution in [0.4, 0.5) is 0 Å². The van der Waals surface area contributed by atoms with Crippen LogP contribution < -0.4 is 0 Å². The molecule has 0 aromatic carbocycles. The molecule has 2 nitrogen and oxygen atoms in total. The highest BCUT2D eigenvalue weighted by molar-refractivity contribution is 4.78. The number of rotatable bonds is 6. The van der Waals surface area contributed by atoms with Crippen LogP contribution >= 0.6 is 0 Å². The van der Waals surface area contributed by atoms with Crippen molar-refractivity contribution in [1.82, 2.24) is 4.90 Å². The largest absolute Gasteiger partial charge is 0.392 e. The van der Waals surface area contributed by atoms with E-state index in [-0.39, 0.29) is 6.10 Å². The molecule has 1 aliphatic carbocycles. The lowest BCUT2D eigenvalue weighted by Gasteiger charge is -2.31. The van der Waals surface area contributed by atoms with Gasteiger partial charge in [-0.25, -0.2) is 0 Å². The van der Waals surface area contributed by atoms with Gasteiger partial charge in [-0.05, 0) is 38.6 Å². The summed E-state index contributed by atoms with van der Waals surface area (Å²) in [6.07, 6.45) is 6.18. The highest BCUT2D eigenvalue weighted by Gasteiger charge is 2.25. The van der Waals surface area contributed by atoms with Gasteiger partial charge in [-0.2, -0.15) is 0 Å². The third kappa shape index (κ3) is 3.76. The van der Waals surface area contributed by atoms with Gasteiger partial charge in [-0.15, -0.1) is 0 Å². The minimum Gasteiger partial charge on any atom is -0.392 e. The molecule has 2 atom stereocenters. The first-order valence-electron chi connectivity index (χ1n) is 6.61. The van der Waals surface area contributed by atoms with E-state index in [4.69, 9.17) is 0 Å². The molecule has 1 aliphatic rings. The van der Waals surface area contributed by atoms with E-state index in [1.54, 1.807) is 0 Å². The second-order valence-corrected chi connectivity index (χ2v) is 4.96. The number of hydrogen-bond acceptors (Lipinski definition) is 2. The lowest BCUT2D eigenvalue weighted by molar-refractivity contribution is 0.0528. The average molecular weight is 213 g/mol. The molecule has 1 rings (SSSR count). The van der Waals surface area contributed by atoms with E-state index in [1.807, 2.05) is 0 Å². The van der Waals surface area contributed by atoms with Gasteiger partial charge in [0.15, 0.2) is 0 Å². The summed E-state index contributed by atoms with van der Waals surface area (Å²) >= 11 is 0. The van der Waals surface area contributed by atoms with Crippen LogP contribution in [0.1, 0.15) is 52.9 Å². The van der Waals surface area contributed by atoms with Crippen LogP contribution in [0.15, 0.2) is 0 Å². The van der Waals surface area contributed by atoms with E-state index < -0.39 is 0 Å². The minimum absolute atomic E-state index is 0.0959. The van der Waals surface area contributed by atoms with Gasteiger partial charge in [-0.3, -0.25) is 4.90 Å². The first kappa shape index (κ1) is 13.0. The van der Waals surface area contributed by atoms with Crippen molar-refractivity contribution in [3.05, 3.63) is 0 Å². The molecule has 0 radical (unpaired) electrons. The summed E-state index contributed by atoms with van der Waals surface area (Å²) in [7, 11) is 0. The Hall–Kier alpha value is -0.0800. The van der Waals surface area contributed by atoms with Crippen molar-refractivity contribution in [3.8, 4) is 0 Å². The number of nitrogens with zero attached hydrogens (tertiary/aromatic N) is 1. The Morgan fingerprint density at radius 2 is 1.87 bits per heavy atom. The van der Waals surface area contributed by atoms with E-state index in [9.17, 15) is 5.11 Å². The molecule has 0 heterocycles. The first-order chi connectivity index (χ1) is 7.19. The van der Waals surface area contributed by atoms with Crippen LogP contribution in [0.5, 0.6) is 0 Å². The van der Waals surface area contributed by atoms with Gasteiger partial charge in [0.1, 0.15) is 0 Å². The predicted molar refractivity (Wildman–Crippen MR) is 65.0 cm³/mol. The van der Waals surface area contributed by atoms with Crippen LogP contribution in [0.3, 0.4) is 0 Å². The minimum atomic E-state index is -0.0959. The molecule has 1 N–H and O–H groups in total. The fraction of sp³-hybridized carbons (Fsp3) is 1.00. The lowest BCUT2D eigenvalue weighted by Crippen LogP contribution is -2.40. The summed E-state index contributed by atoms with van der Waals surface area (Å²) in [4.78, 5) is 2.41. The monoisotopic (exact) mass is 213 g/mol. The van der Waals surface area contributed by atoms with Crippen molar-refractivity contribution >= 4 is 0 Å². The Labute approximate surface area is 94.7 Å². The normalized spacial score (nSPS) is 22.2. The molecule has 2 heteroatoms. The smallest absolute Gasteiger partial charge is 0.0695 e. The molecule has 0 bridgehead atoms. The molecule has 90 valence electrons. The quantitative estimate of drug-likeness (QED) is 0.733. The fourth-order valence-corrected chi connectivity index (χ4v) is 2.61. The summed E-state index contributed by atoms with van der Waals surface area (Å²) in [6, 6.07) is 0.603. The van der Waals surface area contributed by atoms with Crippen LogP contribution in [-0.4, -0.2) is 35.2 Å². The molecule has 0 amide bonds. The van der Waals surface area contributed by atoms with Crippen LogP contribution in [0.2, 0.25) is 0 Å². The van der Waals surface area contributed by atoms with Crippen molar-refractivity contribution in [2.45, 2.75) is 65.0 Å². The molecule has 2 unspecified atom stereocenters. The summed E-state index contributed by atoms with van der Waals surface area (Å²) < 4.78 is 0. The molecule has 15 heavy (non-hydrogen) atoms. The fourth-order valence-electron chi connectivity index (χ4n) is 2.61. The van der Waals surface area contributed by atoms with Crippen molar-refractivity contribution in [1.29, 1.82) is 0 Å². The summed E-state index contributed by atoms with van der Waals surface area (Å²) in [5.74, 6) is 0.572. The Balaban J connectivity index is 2.36. The lowest BCUT2D eigenvalue weighted by atomic mass is 10.00. The van der Waals surface area contributed by atoms with Crippen molar-refractivity contribution < 1.29 is 5.11 Å². The summed E-state index contributed by atoms with van der Waals surface area (Å²) in [5.41, 5.74) is 0. The van der Waals surface area contributed by atoms with E-state index >= 15 is 0 Å². The van der Waals surface area contributed by atoms with Crippen molar-refractivity contribution in [2.24, 2.45) is 5.92 Å². The van der Waals surface area contributed by atoms with Gasteiger partial charge in [0.2, 0.25) is 0 Å². The maximum absolute atomic E-state index is 10.2. The molecule has 0 spiro atoms. The molecular formula is C13H27NO. The third-order valence-electron chi connectivity index (χ3n) is 3.99. The molecule has 1 fully saturated rings. The van der Waals surface area contributed by atoms with E-state index in [2.05, 4.69) is 25.7 Å². The molecule has 1 saturated carbocycles. The Morgan fingerprint density at radius 3 is 2.33 bits per heavy atom. The van der Waals surface area contributed by atoms with Crippen LogP contribution in [-0.2, 0) is 0 Å². The molecule has 0 aromatic heterocycles. The zero-order chi connectivity index (χ0) is 11.3. The van der Waals surface area contributed by atoms with Gasteiger partial charge in [0.05, 0.1) is 6.10 Å². The number of aliphatic hydroxyl groups excluding tert-OH is 1. The highest BCUT2D eigenvalue weighted by atomic mass is 16.3. The van der Waals surface area contributed by atoms with Gasteiger partial charge >= 0.3 is 0 Å². The SMILES string of the molecule is CCC(C)N(CC)CC(O)C1CCCC1. The Kier molecular flexibility index (Phi) is 5.62. The Bertz CT molecular complexity index is 166. The Morgan fingerprint density at radius 1 is 1.27 bits per heavy atom. The zero-order valence-corrected chi connectivity index (χ0v) is 10.6. The zero-order valence-electron chi connectivity index (χ0n) is 10.6. The summed E-state index contributed by atoms with van der Waals surface area (Å²) in [5, 5.41) is 10.2. The third-order valence-corrected chi connectivity index (χ3v) is 3.99. The van der Waals surface area contributed by atoms with Crippen LogP contribution in [0, 0.1) is 5.92 Å². The maximum atomic E-state index is 10.2. The molecule has 0 aromatic rings. The van der Waals surface area contributed by atoms with Gasteiger partial charge in [0, 0.05) is 12.6 Å². The second-order valence-electron chi connectivity index (χ2n) is 4.96. The van der Waals surface area contributed by atoms with Crippen molar-refractivity contribution in [2.75, 3.05) is 13.1 Å². The molecule has 0 saturated heterocycles. The standard InChI is InChI=1S/C13H27NO/c1-4-11(3)14(5-2)10-13(15)12-8-6-7-9-12/h11-13,15H,4-10H2,1-3H3. The number of likely N-dealkylation sites (N-methyl/N-ethyl adjacent to an activating group) is 1. The predicted octanol–water partition coefficient (Wildman–Crippen LogP) is 2.66. The molecule has 0 aliphatic heterocycles. The average Bonchev–Trinajstić information content (AvgIpc) is 2.77. The van der Waals surface area contributed by atoms with Gasteiger partial charge in [0.25, 0.3) is 0 Å². The highest BCUT2D eigenvalue weighted by Crippen LogP contribution is 2.28. The molecular weight excluding hydrogens is 186 g/mol. The number of hydrogen-bond donors (Lipinski definition) is 1. The summed E-state index contributed by atoms with van der Waals surface area (Å²) in [6.45, 7) is 8.59. The van der Waals surface area contributed by atoms with Gasteiger partial charge < -0.3 is 5.11 Å². The van der Waals surface area contributed by atoms with E-state index in [1.165, 1.54) is 32.1 Å². The second kappa shape index (κ2) is 6.49. The van der Waals surface area contributed by atoms with Crippen molar-refractivity contribution in [3.63, 3.8) is 0 Å². The topological polar surface area (TPSA) is 23.5 Å². The van der Waals surface area contributed by atoms with Gasteiger partial charge in [-0.1, -0.05) is 26.7 Å².